The van der Waals surface area contributed by atoms with Gasteiger partial charge in [0, 0.05) is 5.75 Å². The average molecular weight is 307 g/mol. The Balaban J connectivity index is 2.25. The van der Waals surface area contributed by atoms with Crippen molar-refractivity contribution >= 4 is 43.6 Å². The summed E-state index contributed by atoms with van der Waals surface area (Å²) in [7, 11) is -2.02. The quantitative estimate of drug-likeness (QED) is 0.610. The molecule has 1 fully saturated rings. The van der Waals surface area contributed by atoms with Crippen molar-refractivity contribution in [2.45, 2.75) is 31.1 Å². The zero-order chi connectivity index (χ0) is 13.7. The number of β-lactam (4-membered cyclic amide) rings is 1. The van der Waals surface area contributed by atoms with E-state index in [1.165, 1.54) is 16.7 Å². The summed E-state index contributed by atoms with van der Waals surface area (Å²) in [5, 5.41) is 0.170. The van der Waals surface area contributed by atoms with Crippen LogP contribution in [0.3, 0.4) is 0 Å². The topological polar surface area (TPSA) is 72.6 Å². The summed E-state index contributed by atoms with van der Waals surface area (Å²) in [5.41, 5.74) is 5.87. The molecule has 2 heterocycles. The molecule has 2 atom stereocenters. The molecule has 1 unspecified atom stereocenters. The third kappa shape index (κ3) is 2.32. The highest BCUT2D eigenvalue weighted by Gasteiger charge is 2.52. The predicted octanol–water partition coefficient (Wildman–Crippen LogP) is 1.06. The number of halogens is 1. The van der Waals surface area contributed by atoms with Crippen molar-refractivity contribution in [1.82, 2.24) is 4.90 Å². The maximum absolute atomic E-state index is 12.1. The van der Waals surface area contributed by atoms with E-state index in [9.17, 15) is 9.59 Å². The molecule has 1 saturated heterocycles. The number of carbonyl (C=O) groups excluding carboxylic acids is 2. The maximum atomic E-state index is 12.1. The van der Waals surface area contributed by atoms with Crippen LogP contribution in [0.2, 0.25) is 19.6 Å². The molecule has 0 bridgehead atoms. The van der Waals surface area contributed by atoms with Gasteiger partial charge in [0.05, 0.1) is 5.03 Å². The molecule has 2 aliphatic heterocycles. The molecule has 1 amide bonds. The number of carbonyl (C=O) groups is 2. The van der Waals surface area contributed by atoms with E-state index in [0.717, 1.165) is 0 Å². The summed E-state index contributed by atoms with van der Waals surface area (Å²) in [4.78, 5) is 25.2. The fourth-order valence-electron chi connectivity index (χ4n) is 1.80. The largest absolute Gasteiger partial charge is 0.515 e. The highest BCUT2D eigenvalue weighted by molar-refractivity contribution is 8.00. The van der Waals surface area contributed by atoms with Crippen LogP contribution in [-0.2, 0) is 14.0 Å². The first-order valence-electron chi connectivity index (χ1n) is 5.54. The van der Waals surface area contributed by atoms with Gasteiger partial charge in [-0.25, -0.2) is 4.79 Å². The van der Waals surface area contributed by atoms with E-state index in [2.05, 4.69) is 0 Å². The Morgan fingerprint density at radius 3 is 2.72 bits per heavy atom. The SMILES string of the molecule is C[Si](C)(C)OC(=O)C1=C(Cl)CS[C@@H]2C(N)C(=O)N12. The van der Waals surface area contributed by atoms with Crippen molar-refractivity contribution in [2.24, 2.45) is 5.73 Å². The van der Waals surface area contributed by atoms with Gasteiger partial charge in [-0.15, -0.1) is 11.8 Å². The van der Waals surface area contributed by atoms with Gasteiger partial charge in [0.1, 0.15) is 17.1 Å². The zero-order valence-electron chi connectivity index (χ0n) is 10.4. The van der Waals surface area contributed by atoms with Gasteiger partial charge >= 0.3 is 5.97 Å². The number of nitrogens with two attached hydrogens (primary N) is 1. The fourth-order valence-corrected chi connectivity index (χ4v) is 3.94. The van der Waals surface area contributed by atoms with Gasteiger partial charge in [-0.1, -0.05) is 11.6 Å². The molecule has 2 rings (SSSR count). The number of hydrogen-bond donors (Lipinski definition) is 1. The minimum atomic E-state index is -2.02. The van der Waals surface area contributed by atoms with Crippen LogP contribution in [0.5, 0.6) is 0 Å². The highest BCUT2D eigenvalue weighted by atomic mass is 35.5. The summed E-state index contributed by atoms with van der Waals surface area (Å²) in [6.45, 7) is 5.70. The van der Waals surface area contributed by atoms with E-state index in [1.807, 2.05) is 19.6 Å². The molecule has 0 aromatic rings. The summed E-state index contributed by atoms with van der Waals surface area (Å²) < 4.78 is 5.40. The summed E-state index contributed by atoms with van der Waals surface area (Å²) in [5.74, 6) is -0.294. The Morgan fingerprint density at radius 2 is 2.17 bits per heavy atom. The number of rotatable bonds is 2. The smallest absolute Gasteiger partial charge is 0.343 e. The molecular formula is C10H15ClN2O3SSi. The molecule has 0 aliphatic carbocycles. The molecule has 8 heteroatoms. The van der Waals surface area contributed by atoms with Gasteiger partial charge in [-0.05, 0) is 19.6 Å². The van der Waals surface area contributed by atoms with Crippen molar-refractivity contribution < 1.29 is 14.0 Å². The van der Waals surface area contributed by atoms with Crippen LogP contribution < -0.4 is 5.73 Å². The van der Waals surface area contributed by atoms with Crippen LogP contribution in [0.25, 0.3) is 0 Å². The molecule has 2 aliphatic rings. The van der Waals surface area contributed by atoms with E-state index in [-0.39, 0.29) is 17.0 Å². The summed E-state index contributed by atoms with van der Waals surface area (Å²) >= 11 is 7.52. The van der Waals surface area contributed by atoms with Gasteiger partial charge in [-0.2, -0.15) is 0 Å². The Morgan fingerprint density at radius 1 is 1.56 bits per heavy atom. The zero-order valence-corrected chi connectivity index (χ0v) is 13.0. The summed E-state index contributed by atoms with van der Waals surface area (Å²) in [6, 6.07) is -0.547. The molecule has 100 valence electrons. The van der Waals surface area contributed by atoms with E-state index < -0.39 is 20.3 Å². The Bertz CT molecular complexity index is 449. The van der Waals surface area contributed by atoms with Gasteiger partial charge < -0.3 is 10.2 Å². The molecule has 5 nitrogen and oxygen atoms in total. The number of nitrogens with zero attached hydrogens (tertiary/aromatic N) is 1. The van der Waals surface area contributed by atoms with Gasteiger partial charge in [-0.3, -0.25) is 9.69 Å². The molecule has 0 spiro atoms. The molecular weight excluding hydrogens is 292 g/mol. The number of amides is 1. The second kappa shape index (κ2) is 4.55. The lowest BCUT2D eigenvalue weighted by Gasteiger charge is -2.47. The first kappa shape index (κ1) is 13.9. The van der Waals surface area contributed by atoms with Crippen molar-refractivity contribution in [3.05, 3.63) is 10.7 Å². The third-order valence-electron chi connectivity index (χ3n) is 2.56. The lowest BCUT2D eigenvalue weighted by atomic mass is 10.1. The highest BCUT2D eigenvalue weighted by Crippen LogP contribution is 2.40. The average Bonchev–Trinajstić information content (AvgIpc) is 2.25. The first-order valence-corrected chi connectivity index (χ1v) is 10.4. The number of thioether (sulfide) groups is 1. The van der Waals surface area contributed by atoms with Gasteiger partial charge in [0.15, 0.2) is 0 Å². The van der Waals surface area contributed by atoms with E-state index in [4.69, 9.17) is 21.8 Å². The molecule has 18 heavy (non-hydrogen) atoms. The second-order valence-electron chi connectivity index (χ2n) is 5.19. The molecule has 2 N–H and O–H groups in total. The van der Waals surface area contributed by atoms with Crippen LogP contribution >= 0.6 is 23.4 Å². The first-order chi connectivity index (χ1) is 8.22. The predicted molar refractivity (Wildman–Crippen MR) is 73.4 cm³/mol. The van der Waals surface area contributed by atoms with Crippen LogP contribution in [0, 0.1) is 0 Å². The van der Waals surface area contributed by atoms with Crippen molar-refractivity contribution in [3.63, 3.8) is 0 Å². The molecule has 0 radical (unpaired) electrons. The molecule has 0 aromatic carbocycles. The lowest BCUT2D eigenvalue weighted by Crippen LogP contribution is -2.68. The van der Waals surface area contributed by atoms with Crippen molar-refractivity contribution in [3.8, 4) is 0 Å². The second-order valence-corrected chi connectivity index (χ2v) is 11.2. The molecule has 0 saturated carbocycles. The van der Waals surface area contributed by atoms with Gasteiger partial charge in [0.2, 0.25) is 14.2 Å². The molecule has 0 aromatic heterocycles. The maximum Gasteiger partial charge on any atom is 0.343 e. The summed E-state index contributed by atoms with van der Waals surface area (Å²) in [6.07, 6.45) is 0. The Hall–Kier alpha value is -0.503. The Labute approximate surface area is 116 Å². The minimum Gasteiger partial charge on any atom is -0.515 e. The normalized spacial score (nSPS) is 27.8. The number of hydrogen-bond acceptors (Lipinski definition) is 5. The lowest BCUT2D eigenvalue weighted by molar-refractivity contribution is -0.147. The van der Waals surface area contributed by atoms with Crippen LogP contribution in [-0.4, -0.2) is 42.3 Å². The van der Waals surface area contributed by atoms with Crippen molar-refractivity contribution in [1.29, 1.82) is 0 Å². The van der Waals surface area contributed by atoms with E-state index >= 15 is 0 Å². The van der Waals surface area contributed by atoms with E-state index in [0.29, 0.717) is 10.8 Å². The van der Waals surface area contributed by atoms with E-state index in [1.54, 1.807) is 0 Å². The van der Waals surface area contributed by atoms with Crippen LogP contribution in [0.15, 0.2) is 10.7 Å². The monoisotopic (exact) mass is 306 g/mol. The van der Waals surface area contributed by atoms with Crippen LogP contribution in [0.4, 0.5) is 0 Å². The third-order valence-corrected chi connectivity index (χ3v) is 5.12. The van der Waals surface area contributed by atoms with Crippen molar-refractivity contribution in [2.75, 3.05) is 5.75 Å². The van der Waals surface area contributed by atoms with Crippen LogP contribution in [0.1, 0.15) is 0 Å². The minimum absolute atomic E-state index is 0.176. The fraction of sp³-hybridized carbons (Fsp3) is 0.600. The Kier molecular flexibility index (Phi) is 3.52. The van der Waals surface area contributed by atoms with Gasteiger partial charge in [0.25, 0.3) is 0 Å². The standard InChI is InChI=1S/C10H15ClN2O3SSi/c1-18(2,3)16-10(15)7-5(11)4-17-9-6(12)8(14)13(7)9/h6,9H,4,12H2,1-3H3/t6?,9-/m1/s1. The number of fused-ring (bicyclic) bond motifs is 1.